The molecule has 1 aromatic heterocycles. The molecule has 20 heavy (non-hydrogen) atoms. The van der Waals surface area contributed by atoms with Crippen molar-refractivity contribution in [3.8, 4) is 0 Å². The predicted octanol–water partition coefficient (Wildman–Crippen LogP) is 1.37. The van der Waals surface area contributed by atoms with E-state index in [1.807, 2.05) is 11.4 Å². The summed E-state index contributed by atoms with van der Waals surface area (Å²) >= 11 is 1.44. The average molecular weight is 298 g/mol. The molecule has 6 heteroatoms. The molecule has 0 aliphatic heterocycles. The van der Waals surface area contributed by atoms with Crippen molar-refractivity contribution in [2.24, 2.45) is 11.8 Å². The van der Waals surface area contributed by atoms with Gasteiger partial charge in [-0.2, -0.15) is 0 Å². The fourth-order valence-corrected chi connectivity index (χ4v) is 2.88. The van der Waals surface area contributed by atoms with E-state index in [2.05, 4.69) is 43.2 Å². The first-order valence-electron chi connectivity index (χ1n) is 6.88. The van der Waals surface area contributed by atoms with E-state index in [0.717, 1.165) is 31.7 Å². The van der Waals surface area contributed by atoms with Gasteiger partial charge in [0.2, 0.25) is 0 Å². The molecule has 5 nitrogen and oxygen atoms in total. The minimum absolute atomic E-state index is 0.202. The first kappa shape index (κ1) is 17.1. The maximum absolute atomic E-state index is 11.7. The SMILES string of the molecule is CC(C)CN(CCN(C)C)Cc1ccsc1C(=O)NN. The highest BCUT2D eigenvalue weighted by Gasteiger charge is 2.16. The molecule has 1 heterocycles. The van der Waals surface area contributed by atoms with Crippen LogP contribution in [-0.2, 0) is 6.54 Å². The highest BCUT2D eigenvalue weighted by atomic mass is 32.1. The van der Waals surface area contributed by atoms with Gasteiger partial charge >= 0.3 is 0 Å². The second-order valence-electron chi connectivity index (χ2n) is 5.68. The molecule has 0 spiro atoms. The number of hydrazine groups is 1. The quantitative estimate of drug-likeness (QED) is 0.432. The number of nitrogens with one attached hydrogen (secondary N) is 1. The third-order valence-corrected chi connectivity index (χ3v) is 3.92. The summed E-state index contributed by atoms with van der Waals surface area (Å²) < 4.78 is 0. The Hall–Kier alpha value is -0.950. The lowest BCUT2D eigenvalue weighted by Gasteiger charge is -2.25. The zero-order chi connectivity index (χ0) is 15.1. The highest BCUT2D eigenvalue weighted by molar-refractivity contribution is 7.12. The number of rotatable bonds is 8. The van der Waals surface area contributed by atoms with Gasteiger partial charge in [-0.1, -0.05) is 13.8 Å². The summed E-state index contributed by atoms with van der Waals surface area (Å²) in [5.41, 5.74) is 3.27. The summed E-state index contributed by atoms with van der Waals surface area (Å²) in [6.45, 7) is 8.24. The Morgan fingerprint density at radius 3 is 2.65 bits per heavy atom. The smallest absolute Gasteiger partial charge is 0.275 e. The van der Waals surface area contributed by atoms with Crippen LogP contribution >= 0.6 is 11.3 Å². The minimum Gasteiger partial charge on any atom is -0.308 e. The Balaban J connectivity index is 2.73. The molecule has 0 atom stereocenters. The Morgan fingerprint density at radius 2 is 2.10 bits per heavy atom. The molecule has 1 amide bonds. The number of likely N-dealkylation sites (N-methyl/N-ethyl adjacent to an activating group) is 1. The van der Waals surface area contributed by atoms with Crippen LogP contribution in [0.4, 0.5) is 0 Å². The molecule has 0 aliphatic rings. The maximum atomic E-state index is 11.7. The van der Waals surface area contributed by atoms with Gasteiger partial charge in [0.15, 0.2) is 0 Å². The number of thiophene rings is 1. The first-order chi connectivity index (χ1) is 9.43. The molecule has 114 valence electrons. The van der Waals surface area contributed by atoms with Crippen LogP contribution in [0.25, 0.3) is 0 Å². The van der Waals surface area contributed by atoms with E-state index in [-0.39, 0.29) is 5.91 Å². The van der Waals surface area contributed by atoms with Crippen LogP contribution in [0.5, 0.6) is 0 Å². The lowest BCUT2D eigenvalue weighted by atomic mass is 10.1. The van der Waals surface area contributed by atoms with E-state index < -0.39 is 0 Å². The van der Waals surface area contributed by atoms with Gasteiger partial charge in [0, 0.05) is 26.2 Å². The molecule has 3 N–H and O–H groups in total. The van der Waals surface area contributed by atoms with Gasteiger partial charge in [-0.25, -0.2) is 5.84 Å². The molecule has 0 aliphatic carbocycles. The van der Waals surface area contributed by atoms with Crippen LogP contribution in [0.1, 0.15) is 29.1 Å². The number of hydrogen-bond acceptors (Lipinski definition) is 5. The van der Waals surface area contributed by atoms with Gasteiger partial charge in [-0.3, -0.25) is 15.1 Å². The van der Waals surface area contributed by atoms with Gasteiger partial charge in [-0.15, -0.1) is 11.3 Å². The summed E-state index contributed by atoms with van der Waals surface area (Å²) in [5, 5.41) is 1.94. The van der Waals surface area contributed by atoms with Gasteiger partial charge in [0.1, 0.15) is 0 Å². The van der Waals surface area contributed by atoms with Crippen LogP contribution in [0.15, 0.2) is 11.4 Å². The van der Waals surface area contributed by atoms with Crippen LogP contribution in [0.2, 0.25) is 0 Å². The topological polar surface area (TPSA) is 61.6 Å². The van der Waals surface area contributed by atoms with Crippen molar-refractivity contribution in [2.75, 3.05) is 33.7 Å². The molecule has 1 rings (SSSR count). The molecular weight excluding hydrogens is 272 g/mol. The largest absolute Gasteiger partial charge is 0.308 e. The number of nitrogen functional groups attached to an aromatic ring is 1. The normalized spacial score (nSPS) is 11.6. The lowest BCUT2D eigenvalue weighted by molar-refractivity contribution is 0.0955. The third kappa shape index (κ3) is 5.58. The molecule has 0 bridgehead atoms. The summed E-state index contributed by atoms with van der Waals surface area (Å²) in [4.78, 5) is 17.0. The predicted molar refractivity (Wildman–Crippen MR) is 84.6 cm³/mol. The molecule has 0 aromatic carbocycles. The van der Waals surface area contributed by atoms with Crippen LogP contribution < -0.4 is 11.3 Å². The molecule has 1 aromatic rings. The second-order valence-corrected chi connectivity index (χ2v) is 6.60. The van der Waals surface area contributed by atoms with Crippen molar-refractivity contribution in [1.29, 1.82) is 0 Å². The van der Waals surface area contributed by atoms with Crippen molar-refractivity contribution in [2.45, 2.75) is 20.4 Å². The van der Waals surface area contributed by atoms with E-state index in [4.69, 9.17) is 5.84 Å². The van der Waals surface area contributed by atoms with Crippen molar-refractivity contribution in [1.82, 2.24) is 15.2 Å². The number of hydrogen-bond donors (Lipinski definition) is 2. The zero-order valence-corrected chi connectivity index (χ0v) is 13.7. The monoisotopic (exact) mass is 298 g/mol. The van der Waals surface area contributed by atoms with Crippen LogP contribution in [0.3, 0.4) is 0 Å². The van der Waals surface area contributed by atoms with E-state index in [9.17, 15) is 4.79 Å². The average Bonchev–Trinajstić information content (AvgIpc) is 2.82. The minimum atomic E-state index is -0.202. The first-order valence-corrected chi connectivity index (χ1v) is 7.76. The van der Waals surface area contributed by atoms with Gasteiger partial charge < -0.3 is 4.90 Å². The molecule has 0 unspecified atom stereocenters. The number of nitrogens with two attached hydrogens (primary N) is 1. The molecule has 0 fully saturated rings. The lowest BCUT2D eigenvalue weighted by Crippen LogP contribution is -2.35. The Kier molecular flexibility index (Phi) is 7.15. The van der Waals surface area contributed by atoms with E-state index in [1.165, 1.54) is 11.3 Å². The fraction of sp³-hybridized carbons (Fsp3) is 0.643. The van der Waals surface area contributed by atoms with Gasteiger partial charge in [0.25, 0.3) is 5.91 Å². The maximum Gasteiger partial charge on any atom is 0.275 e. The van der Waals surface area contributed by atoms with Crippen molar-refractivity contribution in [3.63, 3.8) is 0 Å². The molecule has 0 radical (unpaired) electrons. The summed E-state index contributed by atoms with van der Waals surface area (Å²) in [7, 11) is 4.15. The Bertz CT molecular complexity index is 417. The van der Waals surface area contributed by atoms with Gasteiger partial charge in [0.05, 0.1) is 4.88 Å². The molecule has 0 saturated carbocycles. The summed E-state index contributed by atoms with van der Waals surface area (Å²) in [6, 6.07) is 2.01. The Morgan fingerprint density at radius 1 is 1.40 bits per heavy atom. The van der Waals surface area contributed by atoms with Crippen molar-refractivity contribution in [3.05, 3.63) is 21.9 Å². The standard InChI is InChI=1S/C14H26N4OS/c1-11(2)9-18(7-6-17(3)4)10-12-5-8-20-13(12)14(19)16-15/h5,8,11H,6-7,9-10,15H2,1-4H3,(H,16,19). The third-order valence-electron chi connectivity index (χ3n) is 2.96. The highest BCUT2D eigenvalue weighted by Crippen LogP contribution is 2.19. The number of carbonyl (C=O) groups is 1. The van der Waals surface area contributed by atoms with Gasteiger partial charge in [-0.05, 0) is 37.0 Å². The number of nitrogens with zero attached hydrogens (tertiary/aromatic N) is 2. The summed E-state index contributed by atoms with van der Waals surface area (Å²) in [6.07, 6.45) is 0. The molecular formula is C14H26N4OS. The Labute approximate surface area is 125 Å². The van der Waals surface area contributed by atoms with E-state index in [1.54, 1.807) is 0 Å². The number of amides is 1. The van der Waals surface area contributed by atoms with Crippen LogP contribution in [-0.4, -0.2) is 49.4 Å². The zero-order valence-electron chi connectivity index (χ0n) is 12.8. The van der Waals surface area contributed by atoms with Crippen molar-refractivity contribution < 1.29 is 4.79 Å². The fourth-order valence-electron chi connectivity index (χ4n) is 2.06. The van der Waals surface area contributed by atoms with E-state index in [0.29, 0.717) is 10.8 Å². The summed E-state index contributed by atoms with van der Waals surface area (Å²) in [5.74, 6) is 5.63. The van der Waals surface area contributed by atoms with Crippen molar-refractivity contribution >= 4 is 17.2 Å². The van der Waals surface area contributed by atoms with Crippen LogP contribution in [0, 0.1) is 5.92 Å². The molecule has 0 saturated heterocycles. The second kappa shape index (κ2) is 8.36. The number of carbonyl (C=O) groups excluding carboxylic acids is 1. The van der Waals surface area contributed by atoms with E-state index >= 15 is 0 Å².